The smallest absolute Gasteiger partial charge is 0.233 e. The number of para-hydroxylation sites is 1. The highest BCUT2D eigenvalue weighted by molar-refractivity contribution is 7.99. The lowest BCUT2D eigenvalue weighted by molar-refractivity contribution is -0.130. The molecule has 24 heavy (non-hydrogen) atoms. The summed E-state index contributed by atoms with van der Waals surface area (Å²) in [4.78, 5) is 14.5. The topological polar surface area (TPSA) is 51.0 Å². The van der Waals surface area contributed by atoms with Crippen molar-refractivity contribution in [2.75, 3.05) is 18.8 Å². The Morgan fingerprint density at radius 2 is 1.96 bits per heavy atom. The molecule has 1 aromatic carbocycles. The van der Waals surface area contributed by atoms with E-state index in [1.807, 2.05) is 27.7 Å². The van der Waals surface area contributed by atoms with Gasteiger partial charge in [0.15, 0.2) is 5.16 Å². The monoisotopic (exact) mass is 344 g/mol. The summed E-state index contributed by atoms with van der Waals surface area (Å²) in [5.41, 5.74) is 2.21. The first-order chi connectivity index (χ1) is 11.5. The summed E-state index contributed by atoms with van der Waals surface area (Å²) in [6.45, 7) is 8.24. The van der Waals surface area contributed by atoms with E-state index in [4.69, 9.17) is 0 Å². The number of carbonyl (C=O) groups excluding carboxylic acids is 1. The second-order valence-corrected chi connectivity index (χ2v) is 7.75. The first-order valence-corrected chi connectivity index (χ1v) is 9.39. The summed E-state index contributed by atoms with van der Waals surface area (Å²) < 4.78 is 1.95. The van der Waals surface area contributed by atoms with E-state index in [1.54, 1.807) is 6.33 Å². The fourth-order valence-corrected chi connectivity index (χ4v) is 4.23. The molecule has 0 aliphatic carbocycles. The number of amides is 1. The second-order valence-electron chi connectivity index (χ2n) is 6.80. The third kappa shape index (κ3) is 3.80. The normalized spacial score (nSPS) is 21.0. The number of likely N-dealkylation sites (tertiary alicyclic amines) is 1. The van der Waals surface area contributed by atoms with Crippen LogP contribution in [0.25, 0.3) is 5.69 Å². The summed E-state index contributed by atoms with van der Waals surface area (Å²) in [6, 6.07) is 8.11. The Bertz CT molecular complexity index is 705. The van der Waals surface area contributed by atoms with Crippen molar-refractivity contribution >= 4 is 17.7 Å². The van der Waals surface area contributed by atoms with Crippen LogP contribution in [0.4, 0.5) is 0 Å². The van der Waals surface area contributed by atoms with Crippen LogP contribution in [0.15, 0.2) is 35.7 Å². The van der Waals surface area contributed by atoms with Crippen molar-refractivity contribution in [1.82, 2.24) is 19.7 Å². The van der Waals surface area contributed by atoms with Gasteiger partial charge in [0, 0.05) is 13.1 Å². The minimum atomic E-state index is 0.192. The Kier molecular flexibility index (Phi) is 5.23. The molecule has 1 fully saturated rings. The zero-order valence-electron chi connectivity index (χ0n) is 14.5. The maximum absolute atomic E-state index is 12.5. The van der Waals surface area contributed by atoms with Gasteiger partial charge in [0.25, 0.3) is 0 Å². The summed E-state index contributed by atoms with van der Waals surface area (Å²) in [5.74, 6) is 1.76. The van der Waals surface area contributed by atoms with Gasteiger partial charge in [0.05, 0.1) is 11.4 Å². The van der Waals surface area contributed by atoms with Crippen LogP contribution in [0.5, 0.6) is 0 Å². The van der Waals surface area contributed by atoms with Gasteiger partial charge >= 0.3 is 0 Å². The van der Waals surface area contributed by atoms with E-state index in [-0.39, 0.29) is 5.91 Å². The first-order valence-electron chi connectivity index (χ1n) is 8.41. The van der Waals surface area contributed by atoms with Crippen LogP contribution >= 0.6 is 11.8 Å². The summed E-state index contributed by atoms with van der Waals surface area (Å²) in [5, 5.41) is 8.97. The standard InChI is InChI=1S/C18H24N4OS/c1-13-8-14(2)10-21(9-13)17(23)11-24-18-20-19-12-22(18)16-7-5-4-6-15(16)3/h4-7,12-14H,8-11H2,1-3H3/t13-,14-/m1/s1. The van der Waals surface area contributed by atoms with Crippen molar-refractivity contribution in [1.29, 1.82) is 0 Å². The largest absolute Gasteiger partial charge is 0.341 e. The van der Waals surface area contributed by atoms with Crippen molar-refractivity contribution in [3.8, 4) is 5.69 Å². The maximum Gasteiger partial charge on any atom is 0.233 e. The molecule has 6 heteroatoms. The number of thioether (sulfide) groups is 1. The Morgan fingerprint density at radius 1 is 1.25 bits per heavy atom. The van der Waals surface area contributed by atoms with Gasteiger partial charge in [-0.15, -0.1) is 10.2 Å². The molecule has 0 unspecified atom stereocenters. The molecule has 1 aliphatic heterocycles. The van der Waals surface area contributed by atoms with Gasteiger partial charge in [-0.1, -0.05) is 43.8 Å². The number of rotatable bonds is 4. The molecule has 1 saturated heterocycles. The molecule has 2 heterocycles. The van der Waals surface area contributed by atoms with Crippen LogP contribution in [0.3, 0.4) is 0 Å². The van der Waals surface area contributed by atoms with Gasteiger partial charge in [-0.2, -0.15) is 0 Å². The van der Waals surface area contributed by atoms with Crippen LogP contribution < -0.4 is 0 Å². The molecular formula is C18H24N4OS. The average Bonchev–Trinajstić information content (AvgIpc) is 3.00. The molecule has 0 radical (unpaired) electrons. The molecule has 0 N–H and O–H groups in total. The van der Waals surface area contributed by atoms with Crippen LogP contribution in [-0.4, -0.2) is 44.4 Å². The molecule has 5 nitrogen and oxygen atoms in total. The number of hydrogen-bond acceptors (Lipinski definition) is 4. The molecule has 3 rings (SSSR count). The van der Waals surface area contributed by atoms with E-state index >= 15 is 0 Å². The zero-order valence-corrected chi connectivity index (χ0v) is 15.3. The molecule has 2 atom stereocenters. The van der Waals surface area contributed by atoms with Crippen molar-refractivity contribution in [3.63, 3.8) is 0 Å². The van der Waals surface area contributed by atoms with Gasteiger partial charge in [-0.25, -0.2) is 0 Å². The maximum atomic E-state index is 12.5. The van der Waals surface area contributed by atoms with Crippen LogP contribution in [0, 0.1) is 18.8 Å². The number of hydrogen-bond donors (Lipinski definition) is 0. The van der Waals surface area contributed by atoms with E-state index in [1.165, 1.54) is 18.2 Å². The predicted octanol–water partition coefficient (Wildman–Crippen LogP) is 3.17. The van der Waals surface area contributed by atoms with E-state index in [2.05, 4.69) is 37.0 Å². The molecule has 128 valence electrons. The summed E-state index contributed by atoms with van der Waals surface area (Å²) in [7, 11) is 0. The van der Waals surface area contributed by atoms with Crippen LogP contribution in [0.1, 0.15) is 25.8 Å². The van der Waals surface area contributed by atoms with Gasteiger partial charge in [-0.3, -0.25) is 9.36 Å². The quantitative estimate of drug-likeness (QED) is 0.800. The molecule has 1 aliphatic rings. The number of aromatic nitrogens is 3. The first kappa shape index (κ1) is 17.0. The Hall–Kier alpha value is -1.82. The SMILES string of the molecule is Cc1ccccc1-n1cnnc1SCC(=O)N1C[C@H](C)C[C@@H](C)C1. The number of nitrogens with zero attached hydrogens (tertiary/aromatic N) is 4. The molecule has 2 aromatic rings. The lowest BCUT2D eigenvalue weighted by atomic mass is 9.92. The van der Waals surface area contributed by atoms with E-state index < -0.39 is 0 Å². The third-order valence-corrected chi connectivity index (χ3v) is 5.37. The Morgan fingerprint density at radius 3 is 2.67 bits per heavy atom. The number of benzene rings is 1. The lowest BCUT2D eigenvalue weighted by Gasteiger charge is -2.34. The van der Waals surface area contributed by atoms with E-state index in [0.29, 0.717) is 17.6 Å². The zero-order chi connectivity index (χ0) is 17.1. The fraction of sp³-hybridized carbons (Fsp3) is 0.500. The number of piperidine rings is 1. The van der Waals surface area contributed by atoms with Gasteiger partial charge < -0.3 is 4.90 Å². The van der Waals surface area contributed by atoms with Crippen LogP contribution in [0.2, 0.25) is 0 Å². The van der Waals surface area contributed by atoms with Crippen molar-refractivity contribution in [3.05, 3.63) is 36.2 Å². The summed E-state index contributed by atoms with van der Waals surface area (Å²) in [6.07, 6.45) is 2.92. The van der Waals surface area contributed by atoms with Crippen molar-refractivity contribution < 1.29 is 4.79 Å². The Balaban J connectivity index is 1.67. The minimum Gasteiger partial charge on any atom is -0.341 e. The second kappa shape index (κ2) is 7.38. The minimum absolute atomic E-state index is 0.192. The van der Waals surface area contributed by atoms with Gasteiger partial charge in [0.2, 0.25) is 5.91 Å². The highest BCUT2D eigenvalue weighted by Crippen LogP contribution is 2.24. The molecule has 0 spiro atoms. The number of aryl methyl sites for hydroxylation is 1. The van der Waals surface area contributed by atoms with Crippen molar-refractivity contribution in [2.24, 2.45) is 11.8 Å². The molecule has 0 saturated carbocycles. The van der Waals surface area contributed by atoms with Gasteiger partial charge in [-0.05, 0) is 36.8 Å². The molecular weight excluding hydrogens is 320 g/mol. The third-order valence-electron chi connectivity index (χ3n) is 4.44. The average molecular weight is 344 g/mol. The highest BCUT2D eigenvalue weighted by atomic mass is 32.2. The molecule has 0 bridgehead atoms. The number of carbonyl (C=O) groups is 1. The predicted molar refractivity (Wildman–Crippen MR) is 96.3 cm³/mol. The Labute approximate surface area is 147 Å². The lowest BCUT2D eigenvalue weighted by Crippen LogP contribution is -2.43. The fourth-order valence-electron chi connectivity index (χ4n) is 3.41. The van der Waals surface area contributed by atoms with E-state index in [9.17, 15) is 4.79 Å². The molecule has 1 amide bonds. The summed E-state index contributed by atoms with van der Waals surface area (Å²) >= 11 is 1.46. The van der Waals surface area contributed by atoms with Crippen LogP contribution in [-0.2, 0) is 4.79 Å². The highest BCUT2D eigenvalue weighted by Gasteiger charge is 2.25. The molecule has 1 aromatic heterocycles. The van der Waals surface area contributed by atoms with E-state index in [0.717, 1.165) is 29.5 Å². The van der Waals surface area contributed by atoms with Crippen molar-refractivity contribution in [2.45, 2.75) is 32.3 Å². The van der Waals surface area contributed by atoms with Gasteiger partial charge in [0.1, 0.15) is 6.33 Å².